The molecule has 0 aliphatic heterocycles. The number of carbonyl (C=O) groups is 1. The third kappa shape index (κ3) is 2.35. The molecule has 7 nitrogen and oxygen atoms in total. The van der Waals surface area contributed by atoms with Crippen LogP contribution in [-0.2, 0) is 6.54 Å². The Bertz CT molecular complexity index is 696. The van der Waals surface area contributed by atoms with Crippen molar-refractivity contribution in [3.63, 3.8) is 0 Å². The lowest BCUT2D eigenvalue weighted by atomic mass is 10.2. The number of rotatable bonds is 4. The highest BCUT2D eigenvalue weighted by molar-refractivity contribution is 5.85. The van der Waals surface area contributed by atoms with Gasteiger partial charge in [-0.05, 0) is 6.92 Å². The van der Waals surface area contributed by atoms with Gasteiger partial charge in [0.1, 0.15) is 11.5 Å². The minimum atomic E-state index is -1.20. The fraction of sp³-hybridized carbons (Fsp3) is 0.167. The largest absolute Gasteiger partial charge is 0.477 e. The second-order valence-corrected chi connectivity index (χ2v) is 4.09. The number of nitro benzene ring substituents is 1. The number of nitrogens with zero attached hydrogens (tertiary/aromatic N) is 3. The smallest absolute Gasteiger partial charge is 0.354 e. The van der Waals surface area contributed by atoms with Gasteiger partial charge in [-0.15, -0.1) is 0 Å². The number of nitro groups is 1. The van der Waals surface area contributed by atoms with Gasteiger partial charge in [-0.3, -0.25) is 10.1 Å². The molecule has 0 bridgehead atoms. The van der Waals surface area contributed by atoms with Gasteiger partial charge >= 0.3 is 11.7 Å². The van der Waals surface area contributed by atoms with E-state index in [2.05, 4.69) is 4.98 Å². The van der Waals surface area contributed by atoms with Crippen LogP contribution in [0.3, 0.4) is 0 Å². The van der Waals surface area contributed by atoms with Crippen LogP contribution in [0.2, 0.25) is 0 Å². The predicted octanol–water partition coefficient (Wildman–Crippen LogP) is 1.99. The molecule has 20 heavy (non-hydrogen) atoms. The summed E-state index contributed by atoms with van der Waals surface area (Å²) in [6, 6.07) is 3.77. The quantitative estimate of drug-likeness (QED) is 0.681. The minimum Gasteiger partial charge on any atom is -0.477 e. The van der Waals surface area contributed by atoms with Gasteiger partial charge in [0.25, 0.3) is 0 Å². The number of carboxylic acids is 1. The van der Waals surface area contributed by atoms with Crippen molar-refractivity contribution in [1.29, 1.82) is 0 Å². The molecule has 8 heteroatoms. The number of aromatic carboxylic acids is 1. The summed E-state index contributed by atoms with van der Waals surface area (Å²) in [5.74, 6) is -1.79. The highest BCUT2D eigenvalue weighted by Gasteiger charge is 2.20. The number of hydrogen-bond donors (Lipinski definition) is 1. The lowest BCUT2D eigenvalue weighted by Crippen LogP contribution is -2.12. The van der Waals surface area contributed by atoms with Crippen molar-refractivity contribution < 1.29 is 19.2 Å². The summed E-state index contributed by atoms with van der Waals surface area (Å²) in [5, 5.41) is 19.7. The average Bonchev–Trinajstić information content (AvgIpc) is 2.73. The SMILES string of the molecule is Cc1ncc(C(=O)O)n1Cc1cccc([N+](=O)[O-])c1F. The first-order valence-electron chi connectivity index (χ1n) is 5.59. The molecule has 104 valence electrons. The first-order valence-corrected chi connectivity index (χ1v) is 5.59. The third-order valence-electron chi connectivity index (χ3n) is 2.86. The van der Waals surface area contributed by atoms with Gasteiger partial charge in [0.2, 0.25) is 5.82 Å². The van der Waals surface area contributed by atoms with Crippen molar-refractivity contribution >= 4 is 11.7 Å². The van der Waals surface area contributed by atoms with Gasteiger partial charge in [0.05, 0.1) is 17.7 Å². The fourth-order valence-corrected chi connectivity index (χ4v) is 1.84. The Morgan fingerprint density at radius 2 is 2.25 bits per heavy atom. The highest BCUT2D eigenvalue weighted by Crippen LogP contribution is 2.21. The number of aromatic nitrogens is 2. The normalized spacial score (nSPS) is 10.5. The zero-order valence-electron chi connectivity index (χ0n) is 10.4. The summed E-state index contributed by atoms with van der Waals surface area (Å²) in [7, 11) is 0. The van der Waals surface area contributed by atoms with Crippen LogP contribution in [0.1, 0.15) is 21.9 Å². The molecule has 0 saturated carbocycles. The number of imidazole rings is 1. The molecule has 1 aromatic carbocycles. The summed E-state index contributed by atoms with van der Waals surface area (Å²) in [6.07, 6.45) is 1.16. The standard InChI is InChI=1S/C12H10FN3O4/c1-7-14-5-10(12(17)18)15(7)6-8-3-2-4-9(11(8)13)16(19)20/h2-5H,6H2,1H3,(H,17,18). The van der Waals surface area contributed by atoms with Crippen LogP contribution >= 0.6 is 0 Å². The van der Waals surface area contributed by atoms with E-state index in [1.807, 2.05) is 0 Å². The third-order valence-corrected chi connectivity index (χ3v) is 2.86. The summed E-state index contributed by atoms with van der Waals surface area (Å²) in [5.41, 5.74) is -0.714. The van der Waals surface area contributed by atoms with Gasteiger partial charge in [-0.2, -0.15) is 4.39 Å². The number of hydrogen-bond acceptors (Lipinski definition) is 4. The number of benzene rings is 1. The molecule has 1 N–H and O–H groups in total. The van der Waals surface area contributed by atoms with E-state index in [0.29, 0.717) is 5.82 Å². The van der Waals surface area contributed by atoms with E-state index < -0.39 is 22.4 Å². The van der Waals surface area contributed by atoms with Crippen molar-refractivity contribution in [3.05, 3.63) is 57.4 Å². The van der Waals surface area contributed by atoms with E-state index in [-0.39, 0.29) is 17.8 Å². The number of halogens is 1. The molecule has 1 aromatic heterocycles. The number of carboxylic acid groups (broad SMARTS) is 1. The molecule has 0 saturated heterocycles. The zero-order chi connectivity index (χ0) is 14.9. The van der Waals surface area contributed by atoms with Gasteiger partial charge < -0.3 is 9.67 Å². The summed E-state index contributed by atoms with van der Waals surface area (Å²) in [6.45, 7) is 1.43. The van der Waals surface area contributed by atoms with Gasteiger partial charge in [0, 0.05) is 11.6 Å². The Morgan fingerprint density at radius 1 is 1.55 bits per heavy atom. The minimum absolute atomic E-state index is 0.0304. The molecule has 1 heterocycles. The van der Waals surface area contributed by atoms with E-state index in [1.54, 1.807) is 6.92 Å². The van der Waals surface area contributed by atoms with Gasteiger partial charge in [-0.1, -0.05) is 12.1 Å². The van der Waals surface area contributed by atoms with Crippen molar-refractivity contribution in [1.82, 2.24) is 9.55 Å². The monoisotopic (exact) mass is 279 g/mol. The maximum Gasteiger partial charge on any atom is 0.354 e. The van der Waals surface area contributed by atoms with Gasteiger partial charge in [0.15, 0.2) is 0 Å². The molecule has 0 aliphatic rings. The van der Waals surface area contributed by atoms with E-state index in [4.69, 9.17) is 5.11 Å². The Balaban J connectivity index is 2.46. The Morgan fingerprint density at radius 3 is 2.85 bits per heavy atom. The molecule has 0 unspecified atom stereocenters. The Kier molecular flexibility index (Phi) is 3.47. The number of aryl methyl sites for hydroxylation is 1. The maximum atomic E-state index is 14.0. The first kappa shape index (κ1) is 13.7. The van der Waals surface area contributed by atoms with E-state index in [9.17, 15) is 19.3 Å². The predicted molar refractivity (Wildman–Crippen MR) is 66.1 cm³/mol. The maximum absolute atomic E-state index is 14.0. The topological polar surface area (TPSA) is 98.3 Å². The molecule has 0 radical (unpaired) electrons. The van der Waals surface area contributed by atoms with Crippen molar-refractivity contribution in [2.75, 3.05) is 0 Å². The average molecular weight is 279 g/mol. The van der Waals surface area contributed by atoms with Crippen LogP contribution < -0.4 is 0 Å². The molecule has 0 amide bonds. The first-order chi connectivity index (χ1) is 9.41. The second-order valence-electron chi connectivity index (χ2n) is 4.09. The summed E-state index contributed by atoms with van der Waals surface area (Å²) < 4.78 is 15.2. The molecule has 0 atom stereocenters. The van der Waals surface area contributed by atoms with Crippen molar-refractivity contribution in [2.24, 2.45) is 0 Å². The molecule has 2 rings (SSSR count). The van der Waals surface area contributed by atoms with E-state index >= 15 is 0 Å². The second kappa shape index (κ2) is 5.08. The van der Waals surface area contributed by atoms with E-state index in [0.717, 1.165) is 12.3 Å². The van der Waals surface area contributed by atoms with Gasteiger partial charge in [-0.25, -0.2) is 9.78 Å². The van der Waals surface area contributed by atoms with Crippen LogP contribution in [0.25, 0.3) is 0 Å². The van der Waals surface area contributed by atoms with Crippen LogP contribution in [0.15, 0.2) is 24.4 Å². The zero-order valence-corrected chi connectivity index (χ0v) is 10.4. The fourth-order valence-electron chi connectivity index (χ4n) is 1.84. The summed E-state index contributed by atoms with van der Waals surface area (Å²) in [4.78, 5) is 24.7. The molecule has 0 fully saturated rings. The van der Waals surface area contributed by atoms with Crippen molar-refractivity contribution in [2.45, 2.75) is 13.5 Å². The van der Waals surface area contributed by atoms with Crippen LogP contribution in [0.4, 0.5) is 10.1 Å². The molecule has 2 aromatic rings. The highest BCUT2D eigenvalue weighted by atomic mass is 19.1. The van der Waals surface area contributed by atoms with Crippen molar-refractivity contribution in [3.8, 4) is 0 Å². The lowest BCUT2D eigenvalue weighted by molar-refractivity contribution is -0.387. The van der Waals surface area contributed by atoms with E-state index in [1.165, 1.54) is 16.7 Å². The van der Waals surface area contributed by atoms with Crippen LogP contribution in [-0.4, -0.2) is 25.6 Å². The molecular weight excluding hydrogens is 269 g/mol. The molecule has 0 aliphatic carbocycles. The van der Waals surface area contributed by atoms with Crippen LogP contribution in [0.5, 0.6) is 0 Å². The van der Waals surface area contributed by atoms with Crippen LogP contribution in [0, 0.1) is 22.9 Å². The molecular formula is C12H10FN3O4. The Hall–Kier alpha value is -2.77. The summed E-state index contributed by atoms with van der Waals surface area (Å²) >= 11 is 0. The Labute approximate surface area is 112 Å². The molecule has 0 spiro atoms. The lowest BCUT2D eigenvalue weighted by Gasteiger charge is -2.09.